The highest BCUT2D eigenvalue weighted by atomic mass is 32.1. The molecule has 0 amide bonds. The average molecular weight is 410 g/mol. The number of rotatable bonds is 9. The summed E-state index contributed by atoms with van der Waals surface area (Å²) in [4.78, 5) is 19.3. The van der Waals surface area contributed by atoms with E-state index < -0.39 is 0 Å². The van der Waals surface area contributed by atoms with Crippen molar-refractivity contribution in [3.8, 4) is 10.8 Å². The standard InChI is InChI=1S/C21H22N4O3S/c1-14-20(15-6-3-4-7-16(15)22-14)17(26)12-25(9-10-27-2)13-19-23-24-21(28-19)18-8-5-11-29-18/h3-8,11,22H,9-10,12-13H2,1-2H3. The van der Waals surface area contributed by atoms with Crippen molar-refractivity contribution < 1.29 is 13.9 Å². The first-order chi connectivity index (χ1) is 14.2. The van der Waals surface area contributed by atoms with Crippen molar-refractivity contribution >= 4 is 28.0 Å². The number of fused-ring (bicyclic) bond motifs is 1. The van der Waals surface area contributed by atoms with E-state index in [4.69, 9.17) is 9.15 Å². The maximum Gasteiger partial charge on any atom is 0.257 e. The van der Waals surface area contributed by atoms with Crippen LogP contribution in [0.2, 0.25) is 0 Å². The molecule has 0 aliphatic carbocycles. The van der Waals surface area contributed by atoms with Crippen LogP contribution in [0, 0.1) is 6.92 Å². The summed E-state index contributed by atoms with van der Waals surface area (Å²) >= 11 is 1.55. The number of hydrogen-bond acceptors (Lipinski definition) is 7. The molecule has 8 heteroatoms. The number of carbonyl (C=O) groups excluding carboxylic acids is 1. The zero-order valence-electron chi connectivity index (χ0n) is 16.3. The molecule has 0 bridgehead atoms. The van der Waals surface area contributed by atoms with Crippen LogP contribution in [-0.4, -0.2) is 52.7 Å². The predicted molar refractivity (Wildman–Crippen MR) is 112 cm³/mol. The van der Waals surface area contributed by atoms with Gasteiger partial charge in [0.25, 0.3) is 5.89 Å². The lowest BCUT2D eigenvalue weighted by Gasteiger charge is -2.19. The van der Waals surface area contributed by atoms with Gasteiger partial charge in [0.15, 0.2) is 5.78 Å². The van der Waals surface area contributed by atoms with E-state index in [9.17, 15) is 4.79 Å². The lowest BCUT2D eigenvalue weighted by Crippen LogP contribution is -2.32. The molecule has 0 saturated carbocycles. The first-order valence-corrected chi connectivity index (χ1v) is 10.2. The molecule has 1 aromatic carbocycles. The fraction of sp³-hybridized carbons (Fsp3) is 0.286. The molecule has 0 saturated heterocycles. The monoisotopic (exact) mass is 410 g/mol. The molecule has 0 radical (unpaired) electrons. The predicted octanol–water partition coefficient (Wildman–Crippen LogP) is 3.92. The summed E-state index contributed by atoms with van der Waals surface area (Å²) in [6, 6.07) is 11.7. The van der Waals surface area contributed by atoms with Crippen molar-refractivity contribution in [2.24, 2.45) is 0 Å². The van der Waals surface area contributed by atoms with Gasteiger partial charge in [-0.1, -0.05) is 24.3 Å². The van der Waals surface area contributed by atoms with Crippen LogP contribution in [0.1, 0.15) is 21.9 Å². The molecule has 29 heavy (non-hydrogen) atoms. The topological polar surface area (TPSA) is 84.2 Å². The van der Waals surface area contributed by atoms with Gasteiger partial charge in [-0.25, -0.2) is 0 Å². The zero-order valence-corrected chi connectivity index (χ0v) is 17.2. The normalized spacial score (nSPS) is 11.6. The molecule has 3 heterocycles. The number of nitrogens with zero attached hydrogens (tertiary/aromatic N) is 3. The number of ether oxygens (including phenoxy) is 1. The summed E-state index contributed by atoms with van der Waals surface area (Å²) in [5.74, 6) is 1.03. The Hall–Kier alpha value is -2.81. The number of hydrogen-bond donors (Lipinski definition) is 1. The molecular weight excluding hydrogens is 388 g/mol. The molecule has 0 aliphatic rings. The van der Waals surface area contributed by atoms with Gasteiger partial charge >= 0.3 is 0 Å². The van der Waals surface area contributed by atoms with Gasteiger partial charge in [-0.3, -0.25) is 9.69 Å². The number of thiophene rings is 1. The van der Waals surface area contributed by atoms with E-state index in [-0.39, 0.29) is 12.3 Å². The molecule has 3 aromatic heterocycles. The largest absolute Gasteiger partial charge is 0.419 e. The van der Waals surface area contributed by atoms with Gasteiger partial charge in [0, 0.05) is 35.8 Å². The molecule has 0 atom stereocenters. The molecule has 1 N–H and O–H groups in total. The maximum absolute atomic E-state index is 13.1. The molecule has 4 aromatic rings. The molecule has 4 rings (SSSR count). The van der Waals surface area contributed by atoms with Crippen LogP contribution in [0.4, 0.5) is 0 Å². The van der Waals surface area contributed by atoms with E-state index in [0.717, 1.165) is 27.0 Å². The third-order valence-electron chi connectivity index (χ3n) is 4.71. The minimum Gasteiger partial charge on any atom is -0.419 e. The minimum absolute atomic E-state index is 0.0500. The number of carbonyl (C=O) groups is 1. The lowest BCUT2D eigenvalue weighted by molar-refractivity contribution is 0.0877. The number of aromatic amines is 1. The van der Waals surface area contributed by atoms with Crippen molar-refractivity contribution in [1.82, 2.24) is 20.1 Å². The van der Waals surface area contributed by atoms with Gasteiger partial charge in [-0.15, -0.1) is 21.5 Å². The zero-order chi connectivity index (χ0) is 20.2. The molecule has 0 unspecified atom stereocenters. The van der Waals surface area contributed by atoms with Crippen molar-refractivity contribution in [2.45, 2.75) is 13.5 Å². The Bertz CT molecular complexity index is 1100. The molecular formula is C21H22N4O3S. The number of H-pyrrole nitrogens is 1. The van der Waals surface area contributed by atoms with Crippen LogP contribution in [0.5, 0.6) is 0 Å². The van der Waals surface area contributed by atoms with E-state index in [2.05, 4.69) is 15.2 Å². The molecule has 0 aliphatic heterocycles. The first kappa shape index (κ1) is 19.5. The highest BCUT2D eigenvalue weighted by Crippen LogP contribution is 2.24. The van der Waals surface area contributed by atoms with Crippen molar-refractivity contribution in [2.75, 3.05) is 26.8 Å². The Morgan fingerprint density at radius 2 is 2.10 bits per heavy atom. The second-order valence-electron chi connectivity index (χ2n) is 6.78. The summed E-state index contributed by atoms with van der Waals surface area (Å²) in [6.45, 7) is 3.64. The second-order valence-corrected chi connectivity index (χ2v) is 7.72. The fourth-order valence-electron chi connectivity index (χ4n) is 3.36. The van der Waals surface area contributed by atoms with Gasteiger partial charge in [0.2, 0.25) is 5.89 Å². The smallest absolute Gasteiger partial charge is 0.257 e. The lowest BCUT2D eigenvalue weighted by atomic mass is 10.1. The first-order valence-electron chi connectivity index (χ1n) is 9.33. The van der Waals surface area contributed by atoms with E-state index in [1.807, 2.05) is 53.6 Å². The summed E-state index contributed by atoms with van der Waals surface area (Å²) in [7, 11) is 1.64. The summed E-state index contributed by atoms with van der Waals surface area (Å²) in [5.41, 5.74) is 2.57. The Kier molecular flexibility index (Phi) is 5.84. The van der Waals surface area contributed by atoms with E-state index in [1.54, 1.807) is 18.4 Å². The quantitative estimate of drug-likeness (QED) is 0.421. The number of aryl methyl sites for hydroxylation is 1. The van der Waals surface area contributed by atoms with Gasteiger partial charge in [-0.05, 0) is 24.4 Å². The Labute approximate surface area is 172 Å². The Morgan fingerprint density at radius 3 is 2.90 bits per heavy atom. The third-order valence-corrected chi connectivity index (χ3v) is 5.57. The minimum atomic E-state index is 0.0500. The van der Waals surface area contributed by atoms with Crippen LogP contribution in [-0.2, 0) is 11.3 Å². The van der Waals surface area contributed by atoms with Crippen molar-refractivity contribution in [3.05, 3.63) is 58.9 Å². The number of Topliss-reactive ketones (excluding diaryl/α,β-unsaturated/α-hetero) is 1. The van der Waals surface area contributed by atoms with Crippen LogP contribution in [0.3, 0.4) is 0 Å². The highest BCUT2D eigenvalue weighted by Gasteiger charge is 2.21. The summed E-state index contributed by atoms with van der Waals surface area (Å²) in [5, 5.41) is 11.2. The number of para-hydroxylation sites is 1. The van der Waals surface area contributed by atoms with Crippen molar-refractivity contribution in [3.63, 3.8) is 0 Å². The van der Waals surface area contributed by atoms with Crippen LogP contribution < -0.4 is 0 Å². The van der Waals surface area contributed by atoms with Crippen LogP contribution in [0.15, 0.2) is 46.2 Å². The molecule has 150 valence electrons. The molecule has 7 nitrogen and oxygen atoms in total. The number of ketones is 1. The molecule has 0 fully saturated rings. The third kappa shape index (κ3) is 4.29. The molecule has 0 spiro atoms. The maximum atomic E-state index is 13.1. The van der Waals surface area contributed by atoms with E-state index in [1.165, 1.54) is 0 Å². The SMILES string of the molecule is COCCN(CC(=O)c1c(C)[nH]c2ccccc12)Cc1nnc(-c2cccs2)o1. The van der Waals surface area contributed by atoms with Gasteiger partial charge < -0.3 is 14.1 Å². The number of benzene rings is 1. The van der Waals surface area contributed by atoms with Gasteiger partial charge in [-0.2, -0.15) is 0 Å². The van der Waals surface area contributed by atoms with Crippen molar-refractivity contribution in [1.29, 1.82) is 0 Å². The Balaban J connectivity index is 1.52. The highest BCUT2D eigenvalue weighted by molar-refractivity contribution is 7.13. The van der Waals surface area contributed by atoms with Gasteiger partial charge in [0.1, 0.15) is 0 Å². The van der Waals surface area contributed by atoms with E-state index in [0.29, 0.717) is 31.5 Å². The fourth-order valence-corrected chi connectivity index (χ4v) is 4.01. The second kappa shape index (κ2) is 8.69. The number of aromatic nitrogens is 3. The van der Waals surface area contributed by atoms with Crippen LogP contribution in [0.25, 0.3) is 21.7 Å². The average Bonchev–Trinajstić information content (AvgIpc) is 3.44. The number of methoxy groups -OCH3 is 1. The van der Waals surface area contributed by atoms with Gasteiger partial charge in [0.05, 0.1) is 24.6 Å². The Morgan fingerprint density at radius 1 is 1.24 bits per heavy atom. The van der Waals surface area contributed by atoms with E-state index >= 15 is 0 Å². The number of nitrogens with one attached hydrogen (secondary N) is 1. The summed E-state index contributed by atoms with van der Waals surface area (Å²) < 4.78 is 11.0. The van der Waals surface area contributed by atoms with Crippen LogP contribution >= 0.6 is 11.3 Å². The summed E-state index contributed by atoms with van der Waals surface area (Å²) in [6.07, 6.45) is 0.